The minimum atomic E-state index is -0.711. The van der Waals surface area contributed by atoms with Gasteiger partial charge in [0.25, 0.3) is 5.91 Å². The molecule has 4 rings (SSSR count). The monoisotopic (exact) mass is 400 g/mol. The second-order valence-corrected chi connectivity index (χ2v) is 7.34. The lowest BCUT2D eigenvalue weighted by Crippen LogP contribution is -2.47. The number of pyridine rings is 1. The third-order valence-corrected chi connectivity index (χ3v) is 4.34. The predicted molar refractivity (Wildman–Crippen MR) is 102 cm³/mol. The fourth-order valence-corrected chi connectivity index (χ4v) is 2.90. The molecular formula is C19H21FN6O3. The molecule has 0 aliphatic carbocycles. The molecule has 9 nitrogen and oxygen atoms in total. The number of halogens is 1. The highest BCUT2D eigenvalue weighted by molar-refractivity contribution is 6.00. The van der Waals surface area contributed by atoms with Crippen LogP contribution in [0.2, 0.25) is 0 Å². The maximum absolute atomic E-state index is 12.9. The van der Waals surface area contributed by atoms with Crippen molar-refractivity contribution in [2.45, 2.75) is 25.8 Å². The zero-order valence-electron chi connectivity index (χ0n) is 16.1. The number of anilines is 1. The third kappa shape index (κ3) is 4.27. The number of rotatable bonds is 6. The zero-order chi connectivity index (χ0) is 20.4. The van der Waals surface area contributed by atoms with E-state index in [9.17, 15) is 9.18 Å². The van der Waals surface area contributed by atoms with Crippen molar-refractivity contribution in [1.82, 2.24) is 24.9 Å². The van der Waals surface area contributed by atoms with E-state index in [1.807, 2.05) is 13.8 Å². The van der Waals surface area contributed by atoms with Crippen molar-refractivity contribution in [3.05, 3.63) is 48.2 Å². The van der Waals surface area contributed by atoms with Gasteiger partial charge in [0.2, 0.25) is 5.88 Å². The number of hydrogen-bond donors (Lipinski definition) is 1. The summed E-state index contributed by atoms with van der Waals surface area (Å²) in [5.74, 6) is 0.146. The Morgan fingerprint density at radius 3 is 2.93 bits per heavy atom. The number of hydrogen-bond acceptors (Lipinski definition) is 7. The fraction of sp³-hybridized carbons (Fsp3) is 0.368. The molecule has 29 heavy (non-hydrogen) atoms. The molecule has 0 aromatic carbocycles. The summed E-state index contributed by atoms with van der Waals surface area (Å²) in [4.78, 5) is 26.8. The number of aromatic nitrogens is 4. The first-order chi connectivity index (χ1) is 13.9. The summed E-state index contributed by atoms with van der Waals surface area (Å²) in [6.07, 6.45) is 5.22. The van der Waals surface area contributed by atoms with Crippen LogP contribution < -0.4 is 15.1 Å². The Morgan fingerprint density at radius 2 is 2.21 bits per heavy atom. The van der Waals surface area contributed by atoms with Gasteiger partial charge in [-0.25, -0.2) is 23.9 Å². The van der Waals surface area contributed by atoms with Gasteiger partial charge in [0.1, 0.15) is 18.0 Å². The Bertz CT molecular complexity index is 1010. The number of carbonyl (C=O) groups is 1. The highest BCUT2D eigenvalue weighted by Crippen LogP contribution is 2.19. The van der Waals surface area contributed by atoms with Crippen LogP contribution in [0.15, 0.2) is 36.8 Å². The molecule has 1 aliphatic rings. The van der Waals surface area contributed by atoms with E-state index in [0.717, 1.165) is 19.2 Å². The normalized spacial score (nSPS) is 14.4. The number of ether oxygens (including phenoxy) is 1. The van der Waals surface area contributed by atoms with Crippen molar-refractivity contribution in [2.24, 2.45) is 0 Å². The van der Waals surface area contributed by atoms with E-state index in [0.29, 0.717) is 23.6 Å². The number of nitrogens with zero attached hydrogens (tertiary/aromatic N) is 5. The lowest BCUT2D eigenvalue weighted by Gasteiger charge is -2.25. The van der Waals surface area contributed by atoms with E-state index in [1.54, 1.807) is 21.8 Å². The maximum atomic E-state index is 12.9. The molecule has 1 aliphatic heterocycles. The number of carbonyl (C=O) groups excluding carboxylic acids is 1. The largest absolute Gasteiger partial charge is 0.475 e. The minimum Gasteiger partial charge on any atom is -0.475 e. The molecule has 3 aromatic rings. The smallest absolute Gasteiger partial charge is 0.257 e. The second-order valence-electron chi connectivity index (χ2n) is 7.34. The number of amides is 1. The lowest BCUT2D eigenvalue weighted by molar-refractivity contribution is 0.0880. The van der Waals surface area contributed by atoms with Gasteiger partial charge in [-0.05, 0) is 26.3 Å². The van der Waals surface area contributed by atoms with E-state index < -0.39 is 11.4 Å². The standard InChI is InChI=1S/C19H21FN6O3/c1-19(2,12-28-16-5-4-13(20)10-21-16)24-18(27)14-11-22-25-8-6-15(23-17(14)25)26-7-3-9-29-26/h4-6,8,10-11H,3,7,9,12H2,1-2H3,(H,24,27). The first kappa shape index (κ1) is 19.1. The molecule has 1 fully saturated rings. The Hall–Kier alpha value is -3.27. The second kappa shape index (κ2) is 7.63. The average molecular weight is 400 g/mol. The fourth-order valence-electron chi connectivity index (χ4n) is 2.90. The number of fused-ring (bicyclic) bond motifs is 1. The van der Waals surface area contributed by atoms with Crippen LogP contribution >= 0.6 is 0 Å². The van der Waals surface area contributed by atoms with Crippen LogP contribution in [-0.4, -0.2) is 50.8 Å². The van der Waals surface area contributed by atoms with Gasteiger partial charge in [-0.1, -0.05) is 0 Å². The first-order valence-corrected chi connectivity index (χ1v) is 9.23. The summed E-state index contributed by atoms with van der Waals surface area (Å²) >= 11 is 0. The molecule has 0 atom stereocenters. The minimum absolute atomic E-state index is 0.150. The maximum Gasteiger partial charge on any atom is 0.257 e. The molecule has 10 heteroatoms. The van der Waals surface area contributed by atoms with Crippen LogP contribution in [0.1, 0.15) is 30.6 Å². The van der Waals surface area contributed by atoms with Crippen molar-refractivity contribution in [3.8, 4) is 5.88 Å². The van der Waals surface area contributed by atoms with Gasteiger partial charge in [0.15, 0.2) is 11.5 Å². The SMILES string of the molecule is CC(C)(COc1ccc(F)cn1)NC(=O)c1cnn2ccc(N3CCCO3)nc12. The molecular weight excluding hydrogens is 379 g/mol. The summed E-state index contributed by atoms with van der Waals surface area (Å²) in [6, 6.07) is 4.49. The van der Waals surface area contributed by atoms with Crippen LogP contribution in [0.3, 0.4) is 0 Å². The molecule has 1 amide bonds. The van der Waals surface area contributed by atoms with Crippen molar-refractivity contribution >= 4 is 17.4 Å². The number of nitrogens with one attached hydrogen (secondary N) is 1. The Balaban J connectivity index is 1.47. The molecule has 152 valence electrons. The molecule has 1 N–H and O–H groups in total. The van der Waals surface area contributed by atoms with Crippen molar-refractivity contribution in [1.29, 1.82) is 0 Å². The molecule has 0 saturated carbocycles. The summed E-state index contributed by atoms with van der Waals surface area (Å²) in [5.41, 5.74) is 0.0725. The van der Waals surface area contributed by atoms with E-state index >= 15 is 0 Å². The van der Waals surface area contributed by atoms with Crippen LogP contribution in [0.5, 0.6) is 5.88 Å². The quantitative estimate of drug-likeness (QED) is 0.676. The van der Waals surface area contributed by atoms with Crippen molar-refractivity contribution in [3.63, 3.8) is 0 Å². The average Bonchev–Trinajstić information content (AvgIpc) is 3.36. The first-order valence-electron chi connectivity index (χ1n) is 9.23. The van der Waals surface area contributed by atoms with Gasteiger partial charge in [-0.3, -0.25) is 9.63 Å². The van der Waals surface area contributed by atoms with Gasteiger partial charge < -0.3 is 10.1 Å². The van der Waals surface area contributed by atoms with E-state index in [-0.39, 0.29) is 18.4 Å². The van der Waals surface area contributed by atoms with Crippen molar-refractivity contribution in [2.75, 3.05) is 24.8 Å². The highest BCUT2D eigenvalue weighted by atomic mass is 19.1. The van der Waals surface area contributed by atoms with Gasteiger partial charge in [0.05, 0.1) is 24.5 Å². The third-order valence-electron chi connectivity index (χ3n) is 4.34. The topological polar surface area (TPSA) is 93.9 Å². The molecule has 1 saturated heterocycles. The van der Waals surface area contributed by atoms with E-state index in [1.165, 1.54) is 18.3 Å². The highest BCUT2D eigenvalue weighted by Gasteiger charge is 2.25. The van der Waals surface area contributed by atoms with E-state index in [4.69, 9.17) is 9.57 Å². The Labute approximate surface area is 166 Å². The summed E-state index contributed by atoms with van der Waals surface area (Å²) < 4.78 is 20.1. The lowest BCUT2D eigenvalue weighted by atomic mass is 10.1. The van der Waals surface area contributed by atoms with Crippen LogP contribution in [0.25, 0.3) is 5.65 Å². The molecule has 4 heterocycles. The Kier molecular flexibility index (Phi) is 5.01. The van der Waals surface area contributed by atoms with Crippen LogP contribution in [0, 0.1) is 5.82 Å². The molecule has 0 bridgehead atoms. The summed E-state index contributed by atoms with van der Waals surface area (Å²) in [6.45, 7) is 5.18. The van der Waals surface area contributed by atoms with Gasteiger partial charge in [-0.2, -0.15) is 5.10 Å². The summed E-state index contributed by atoms with van der Waals surface area (Å²) in [7, 11) is 0. The molecule has 0 unspecified atom stereocenters. The van der Waals surface area contributed by atoms with Gasteiger partial charge >= 0.3 is 0 Å². The zero-order valence-corrected chi connectivity index (χ0v) is 16.1. The van der Waals surface area contributed by atoms with Gasteiger partial charge in [0, 0.05) is 24.9 Å². The predicted octanol–water partition coefficient (Wildman–Crippen LogP) is 1.99. The summed E-state index contributed by atoms with van der Waals surface area (Å²) in [5, 5.41) is 8.82. The van der Waals surface area contributed by atoms with Gasteiger partial charge in [-0.15, -0.1) is 0 Å². The number of hydroxylamine groups is 1. The Morgan fingerprint density at radius 1 is 1.34 bits per heavy atom. The molecule has 0 spiro atoms. The van der Waals surface area contributed by atoms with Crippen molar-refractivity contribution < 1.29 is 18.8 Å². The van der Waals surface area contributed by atoms with Crippen LogP contribution in [0.4, 0.5) is 10.2 Å². The molecule has 0 radical (unpaired) electrons. The van der Waals surface area contributed by atoms with Crippen LogP contribution in [-0.2, 0) is 4.84 Å². The van der Waals surface area contributed by atoms with E-state index in [2.05, 4.69) is 20.4 Å². The molecule has 3 aromatic heterocycles.